The van der Waals surface area contributed by atoms with Gasteiger partial charge in [0.25, 0.3) is 11.8 Å². The maximum absolute atomic E-state index is 12.6. The Morgan fingerprint density at radius 1 is 0.977 bits per heavy atom. The number of nitrogen functional groups attached to an aromatic ring is 1. The van der Waals surface area contributed by atoms with Crippen LogP contribution in [0, 0.1) is 6.92 Å². The Kier molecular flexibility index (Phi) is 8.70. The number of hydrogen-bond donors (Lipinski definition) is 2. The largest absolute Gasteiger partial charge is 0.508 e. The van der Waals surface area contributed by atoms with E-state index in [1.165, 1.54) is 0 Å². The molecule has 0 bridgehead atoms. The molecule has 11 heteroatoms. The summed E-state index contributed by atoms with van der Waals surface area (Å²) in [5.74, 6) is -0.513. The van der Waals surface area contributed by atoms with Gasteiger partial charge in [-0.3, -0.25) is 14.4 Å². The number of Topliss-reactive ketones (excluding diaryl/α,β-unsaturated/α-hetero) is 1. The minimum Gasteiger partial charge on any atom is -0.508 e. The molecule has 43 heavy (non-hydrogen) atoms. The first-order chi connectivity index (χ1) is 20.6. The van der Waals surface area contributed by atoms with Gasteiger partial charge in [-0.25, -0.2) is 14.8 Å². The average Bonchev–Trinajstić information content (AvgIpc) is 3.51. The lowest BCUT2D eigenvalue weighted by Gasteiger charge is -2.13. The van der Waals surface area contributed by atoms with E-state index in [0.717, 1.165) is 58.2 Å². The number of phenols is 1. The third kappa shape index (κ3) is 6.50. The molecule has 11 nitrogen and oxygen atoms in total. The Morgan fingerprint density at radius 2 is 1.72 bits per heavy atom. The molecule has 2 aromatic heterocycles. The third-order valence-corrected chi connectivity index (χ3v) is 7.70. The Morgan fingerprint density at radius 3 is 2.44 bits per heavy atom. The topological polar surface area (TPSA) is 158 Å². The van der Waals surface area contributed by atoms with Crippen LogP contribution in [0.25, 0.3) is 21.9 Å². The predicted octanol–water partition coefficient (Wildman–Crippen LogP) is 4.46. The van der Waals surface area contributed by atoms with E-state index in [1.807, 2.05) is 37.3 Å². The first-order valence-corrected chi connectivity index (χ1v) is 14.6. The number of fused-ring (bicyclic) bond motifs is 3. The number of imide groups is 1. The molecule has 1 aliphatic heterocycles. The van der Waals surface area contributed by atoms with Crippen molar-refractivity contribution < 1.29 is 29.1 Å². The zero-order chi connectivity index (χ0) is 30.7. The molecule has 1 fully saturated rings. The van der Waals surface area contributed by atoms with Crippen molar-refractivity contribution in [3.05, 3.63) is 58.9 Å². The van der Waals surface area contributed by atoms with Crippen LogP contribution in [0.1, 0.15) is 74.4 Å². The summed E-state index contributed by atoms with van der Waals surface area (Å²) in [6, 6.07) is 11.4. The number of aromatic nitrogens is 3. The maximum Gasteiger partial charge on any atom is 0.333 e. The number of amides is 2. The van der Waals surface area contributed by atoms with Crippen LogP contribution in [0.15, 0.2) is 36.4 Å². The summed E-state index contributed by atoms with van der Waals surface area (Å²) in [5, 5.41) is 11.4. The highest BCUT2D eigenvalue weighted by Gasteiger charge is 2.32. The summed E-state index contributed by atoms with van der Waals surface area (Å²) in [5.41, 5.74) is 11.4. The van der Waals surface area contributed by atoms with Crippen LogP contribution in [0.4, 0.5) is 5.82 Å². The number of anilines is 1. The average molecular weight is 586 g/mol. The quantitative estimate of drug-likeness (QED) is 0.229. The number of imidazole rings is 1. The number of aromatic hydroxyl groups is 1. The maximum atomic E-state index is 12.6. The van der Waals surface area contributed by atoms with Crippen molar-refractivity contribution in [1.29, 1.82) is 0 Å². The molecule has 3 N–H and O–H groups in total. The van der Waals surface area contributed by atoms with Crippen LogP contribution < -0.4 is 5.73 Å². The molecule has 5 rings (SSSR count). The van der Waals surface area contributed by atoms with Crippen LogP contribution in [-0.4, -0.2) is 48.3 Å². The number of aryl methyl sites for hydroxylation is 3. The fraction of sp³-hybridized carbons (Fsp3) is 0.375. The fourth-order valence-corrected chi connectivity index (χ4v) is 5.31. The second-order valence-electron chi connectivity index (χ2n) is 11.0. The normalized spacial score (nSPS) is 13.4. The first kappa shape index (κ1) is 29.7. The van der Waals surface area contributed by atoms with Gasteiger partial charge in [-0.1, -0.05) is 31.5 Å². The number of unbranched alkanes of at least 4 members (excludes halogenated alkanes) is 1. The van der Waals surface area contributed by atoms with Gasteiger partial charge in [-0.2, -0.15) is 0 Å². The first-order valence-electron chi connectivity index (χ1n) is 14.6. The van der Waals surface area contributed by atoms with Crippen molar-refractivity contribution in [2.75, 3.05) is 5.73 Å². The number of pyridine rings is 1. The molecule has 0 aliphatic carbocycles. The Hall–Kier alpha value is -4.80. The van der Waals surface area contributed by atoms with Crippen LogP contribution >= 0.6 is 0 Å². The molecule has 0 atom stereocenters. The van der Waals surface area contributed by atoms with Crippen molar-refractivity contribution >= 4 is 51.3 Å². The standard InChI is InChI=1S/C32H35N5O6/c1-3-4-5-26-35-30-31(36(26)18-21-8-12-25(39)19(2)16-21)23-17-20(7-11-24(23)34-32(30)33)6-9-22(38)10-15-29(42)43-37-27(40)13-14-28(37)41/h7-8,11-12,16-17,39H,3-6,9-10,13-15,18H2,1-2H3,(H2,33,34). The monoisotopic (exact) mass is 585 g/mol. The van der Waals surface area contributed by atoms with E-state index < -0.39 is 17.8 Å². The molecule has 4 aromatic rings. The second kappa shape index (κ2) is 12.6. The zero-order valence-corrected chi connectivity index (χ0v) is 24.4. The van der Waals surface area contributed by atoms with E-state index in [2.05, 4.69) is 16.5 Å². The second-order valence-corrected chi connectivity index (χ2v) is 11.0. The molecule has 1 saturated heterocycles. The molecule has 2 amide bonds. The molecular formula is C32H35N5O6. The van der Waals surface area contributed by atoms with Crippen LogP contribution in [0.2, 0.25) is 0 Å². The Balaban J connectivity index is 1.36. The highest BCUT2D eigenvalue weighted by Crippen LogP contribution is 2.31. The lowest BCUT2D eigenvalue weighted by atomic mass is 10.0. The SMILES string of the molecule is CCCCc1nc2c(N)nc3ccc(CCC(=O)CCC(=O)ON4C(=O)CCC4=O)cc3c2n1Cc1ccc(O)c(C)c1. The minimum atomic E-state index is -0.787. The fourth-order valence-electron chi connectivity index (χ4n) is 5.31. The number of carbonyl (C=O) groups is 4. The van der Waals surface area contributed by atoms with Gasteiger partial charge in [0, 0.05) is 44.0 Å². The van der Waals surface area contributed by atoms with Gasteiger partial charge in [0.1, 0.15) is 22.9 Å². The van der Waals surface area contributed by atoms with Gasteiger partial charge in [0.2, 0.25) is 0 Å². The van der Waals surface area contributed by atoms with E-state index in [0.29, 0.717) is 29.4 Å². The molecular weight excluding hydrogens is 550 g/mol. The molecule has 2 aromatic carbocycles. The predicted molar refractivity (Wildman–Crippen MR) is 160 cm³/mol. The highest BCUT2D eigenvalue weighted by atomic mass is 16.7. The van der Waals surface area contributed by atoms with E-state index in [1.54, 1.807) is 6.07 Å². The summed E-state index contributed by atoms with van der Waals surface area (Å²) >= 11 is 0. The lowest BCUT2D eigenvalue weighted by molar-refractivity contribution is -0.197. The number of carbonyl (C=O) groups excluding carboxylic acids is 4. The molecule has 1 aliphatic rings. The van der Waals surface area contributed by atoms with Gasteiger partial charge in [0.05, 0.1) is 17.5 Å². The number of benzene rings is 2. The van der Waals surface area contributed by atoms with Crippen LogP contribution in [0.5, 0.6) is 5.75 Å². The summed E-state index contributed by atoms with van der Waals surface area (Å²) in [6.45, 7) is 4.54. The number of hydroxylamine groups is 2. The number of hydrogen-bond acceptors (Lipinski definition) is 9. The summed E-state index contributed by atoms with van der Waals surface area (Å²) in [4.78, 5) is 62.3. The van der Waals surface area contributed by atoms with Crippen LogP contribution in [0.3, 0.4) is 0 Å². The van der Waals surface area contributed by atoms with E-state index in [-0.39, 0.29) is 43.6 Å². The van der Waals surface area contributed by atoms with Crippen molar-refractivity contribution in [2.45, 2.75) is 78.2 Å². The molecule has 224 valence electrons. The smallest absolute Gasteiger partial charge is 0.333 e. The van der Waals surface area contributed by atoms with Gasteiger partial charge in [-0.15, -0.1) is 5.06 Å². The van der Waals surface area contributed by atoms with Gasteiger partial charge in [0.15, 0.2) is 5.82 Å². The highest BCUT2D eigenvalue weighted by molar-refractivity contribution is 6.07. The molecule has 3 heterocycles. The summed E-state index contributed by atoms with van der Waals surface area (Å²) in [6.07, 6.45) is 3.19. The zero-order valence-electron chi connectivity index (χ0n) is 24.4. The van der Waals surface area contributed by atoms with Crippen molar-refractivity contribution in [2.24, 2.45) is 0 Å². The number of nitrogens with zero attached hydrogens (tertiary/aromatic N) is 4. The molecule has 0 spiro atoms. The van der Waals surface area contributed by atoms with Gasteiger partial charge in [-0.05, 0) is 54.7 Å². The number of ketones is 1. The number of nitrogens with two attached hydrogens (primary N) is 1. The van der Waals surface area contributed by atoms with Crippen LogP contribution in [-0.2, 0) is 43.4 Å². The molecule has 0 radical (unpaired) electrons. The molecule has 0 unspecified atom stereocenters. The van der Waals surface area contributed by atoms with Crippen molar-refractivity contribution in [1.82, 2.24) is 19.6 Å². The number of rotatable bonds is 12. The molecule has 0 saturated carbocycles. The number of phenolic OH excluding ortho intramolecular Hbond substituents is 1. The van der Waals surface area contributed by atoms with E-state index >= 15 is 0 Å². The third-order valence-electron chi connectivity index (χ3n) is 7.70. The van der Waals surface area contributed by atoms with E-state index in [4.69, 9.17) is 15.6 Å². The van der Waals surface area contributed by atoms with E-state index in [9.17, 15) is 24.3 Å². The Bertz CT molecular complexity index is 1730. The van der Waals surface area contributed by atoms with Crippen molar-refractivity contribution in [3.8, 4) is 5.75 Å². The Labute approximate surface area is 248 Å². The van der Waals surface area contributed by atoms with Gasteiger partial charge >= 0.3 is 5.97 Å². The summed E-state index contributed by atoms with van der Waals surface area (Å²) in [7, 11) is 0. The lowest BCUT2D eigenvalue weighted by Crippen LogP contribution is -2.32. The summed E-state index contributed by atoms with van der Waals surface area (Å²) < 4.78 is 2.17. The minimum absolute atomic E-state index is 0.0164. The van der Waals surface area contributed by atoms with Crippen molar-refractivity contribution in [3.63, 3.8) is 0 Å². The van der Waals surface area contributed by atoms with Gasteiger partial charge < -0.3 is 20.2 Å².